The van der Waals surface area contributed by atoms with Gasteiger partial charge in [-0.3, -0.25) is 9.59 Å². The Labute approximate surface area is 169 Å². The summed E-state index contributed by atoms with van der Waals surface area (Å²) in [6.07, 6.45) is 1.54. The largest absolute Gasteiger partial charge is 0.478 e. The van der Waals surface area contributed by atoms with E-state index in [1.807, 2.05) is 55.4 Å². The van der Waals surface area contributed by atoms with Crippen LogP contribution in [0, 0.1) is 16.7 Å². The average molecular weight is 398 g/mol. The lowest BCUT2D eigenvalue weighted by molar-refractivity contribution is -0.134. The smallest absolute Gasteiger partial charge is 0.331 e. The third-order valence-electron chi connectivity index (χ3n) is 4.63. The molecule has 0 aromatic heterocycles. The zero-order valence-electron chi connectivity index (χ0n) is 19.1. The van der Waals surface area contributed by atoms with Crippen molar-refractivity contribution in [1.29, 1.82) is 0 Å². The zero-order valence-corrected chi connectivity index (χ0v) is 19.1. The monoisotopic (exact) mass is 397 g/mol. The Morgan fingerprint density at radius 1 is 0.857 bits per heavy atom. The summed E-state index contributed by atoms with van der Waals surface area (Å²) in [5.41, 5.74) is -0.680. The molecule has 4 N–H and O–H groups in total. The van der Waals surface area contributed by atoms with Crippen LogP contribution in [0.3, 0.4) is 0 Å². The first kappa shape index (κ1) is 26.1. The van der Waals surface area contributed by atoms with Gasteiger partial charge in [-0.05, 0) is 30.7 Å². The van der Waals surface area contributed by atoms with Crippen molar-refractivity contribution >= 4 is 17.8 Å². The van der Waals surface area contributed by atoms with Gasteiger partial charge in [0.05, 0.1) is 12.1 Å². The average Bonchev–Trinajstić information content (AvgIpc) is 2.49. The Morgan fingerprint density at radius 2 is 1.29 bits per heavy atom. The Morgan fingerprint density at radius 3 is 1.61 bits per heavy atom. The van der Waals surface area contributed by atoms with Crippen LogP contribution in [0.4, 0.5) is 0 Å². The maximum atomic E-state index is 13.0. The molecule has 7 heteroatoms. The molecule has 0 radical (unpaired) electrons. The van der Waals surface area contributed by atoms with Gasteiger partial charge in [-0.25, -0.2) is 4.79 Å². The summed E-state index contributed by atoms with van der Waals surface area (Å²) >= 11 is 0. The van der Waals surface area contributed by atoms with Crippen molar-refractivity contribution in [2.24, 2.45) is 16.7 Å². The van der Waals surface area contributed by atoms with E-state index in [-0.39, 0.29) is 28.7 Å². The number of hydrogen-bond donors (Lipinski definition) is 4. The standard InChI is InChI=1S/C21H39N3O4/c1-12(2)14(11-13(3)19(27)28)23-18(26)16(21(7,8)9)24-17(25)15(22-10)20(4,5)6/h11-12,14-16,22H,1-10H3,(H,23,26)(H,24,25)(H,27,28)/b13-11+. The summed E-state index contributed by atoms with van der Waals surface area (Å²) in [6, 6.07) is -1.67. The number of aliphatic carboxylic acids is 1. The predicted molar refractivity (Wildman–Crippen MR) is 112 cm³/mol. The number of nitrogens with one attached hydrogen (secondary N) is 3. The fourth-order valence-corrected chi connectivity index (χ4v) is 2.85. The van der Waals surface area contributed by atoms with Gasteiger partial charge in [0.15, 0.2) is 0 Å². The van der Waals surface area contributed by atoms with Gasteiger partial charge < -0.3 is 21.1 Å². The van der Waals surface area contributed by atoms with Crippen molar-refractivity contribution in [3.8, 4) is 0 Å². The molecule has 2 amide bonds. The first-order chi connectivity index (χ1) is 12.5. The van der Waals surface area contributed by atoms with Crippen molar-refractivity contribution in [2.45, 2.75) is 80.4 Å². The van der Waals surface area contributed by atoms with Crippen LogP contribution >= 0.6 is 0 Å². The fourth-order valence-electron chi connectivity index (χ4n) is 2.85. The van der Waals surface area contributed by atoms with Crippen LogP contribution in [-0.4, -0.2) is 48.1 Å². The second-order valence-electron chi connectivity index (χ2n) is 9.83. The van der Waals surface area contributed by atoms with Crippen LogP contribution in [0.5, 0.6) is 0 Å². The van der Waals surface area contributed by atoms with Crippen LogP contribution in [0.15, 0.2) is 11.6 Å². The molecule has 0 aromatic carbocycles. The summed E-state index contributed by atoms with van der Waals surface area (Å²) in [7, 11) is 1.72. The van der Waals surface area contributed by atoms with E-state index in [0.717, 1.165) is 0 Å². The number of carboxylic acids is 1. The number of amides is 2. The second kappa shape index (κ2) is 10.0. The molecule has 3 unspecified atom stereocenters. The van der Waals surface area contributed by atoms with Crippen LogP contribution in [-0.2, 0) is 14.4 Å². The van der Waals surface area contributed by atoms with Gasteiger partial charge in [-0.15, -0.1) is 0 Å². The Bertz CT molecular complexity index is 598. The Kier molecular flexibility index (Phi) is 9.37. The fraction of sp³-hybridized carbons (Fsp3) is 0.762. The highest BCUT2D eigenvalue weighted by Crippen LogP contribution is 2.23. The molecular formula is C21H39N3O4. The molecule has 0 rings (SSSR count). The highest BCUT2D eigenvalue weighted by Gasteiger charge is 2.37. The normalized spacial score (nSPS) is 16.3. The van der Waals surface area contributed by atoms with E-state index in [4.69, 9.17) is 5.11 Å². The van der Waals surface area contributed by atoms with Crippen molar-refractivity contribution in [1.82, 2.24) is 16.0 Å². The molecule has 0 aliphatic heterocycles. The van der Waals surface area contributed by atoms with Crippen LogP contribution in [0.2, 0.25) is 0 Å². The molecule has 28 heavy (non-hydrogen) atoms. The summed E-state index contributed by atoms with van der Waals surface area (Å²) < 4.78 is 0. The van der Waals surface area contributed by atoms with Gasteiger partial charge >= 0.3 is 5.97 Å². The van der Waals surface area contributed by atoms with Crippen molar-refractivity contribution in [3.05, 3.63) is 11.6 Å². The van der Waals surface area contributed by atoms with E-state index in [2.05, 4.69) is 16.0 Å². The predicted octanol–water partition coefficient (Wildman–Crippen LogP) is 2.32. The lowest BCUT2D eigenvalue weighted by Gasteiger charge is -2.35. The van der Waals surface area contributed by atoms with Crippen LogP contribution < -0.4 is 16.0 Å². The highest BCUT2D eigenvalue weighted by molar-refractivity contribution is 5.91. The minimum atomic E-state index is -1.03. The lowest BCUT2D eigenvalue weighted by Crippen LogP contribution is -2.60. The number of rotatable bonds is 8. The van der Waals surface area contributed by atoms with E-state index in [1.165, 1.54) is 13.0 Å². The minimum Gasteiger partial charge on any atom is -0.478 e. The van der Waals surface area contributed by atoms with Gasteiger partial charge in [0.25, 0.3) is 0 Å². The van der Waals surface area contributed by atoms with Gasteiger partial charge in [-0.1, -0.05) is 61.5 Å². The van der Waals surface area contributed by atoms with Gasteiger partial charge in [0.1, 0.15) is 6.04 Å². The molecule has 0 aliphatic rings. The van der Waals surface area contributed by atoms with E-state index in [1.54, 1.807) is 7.05 Å². The SMILES string of the molecule is CNC(C(=O)NC(C(=O)NC(/C=C(\C)C(=O)O)C(C)C)C(C)(C)C)C(C)(C)C. The van der Waals surface area contributed by atoms with E-state index < -0.39 is 29.5 Å². The third-order valence-corrected chi connectivity index (χ3v) is 4.63. The molecule has 0 bridgehead atoms. The number of hydrogen-bond acceptors (Lipinski definition) is 4. The quantitative estimate of drug-likeness (QED) is 0.470. The highest BCUT2D eigenvalue weighted by atomic mass is 16.4. The van der Waals surface area contributed by atoms with Crippen LogP contribution in [0.25, 0.3) is 0 Å². The number of carboxylic acid groups (broad SMARTS) is 1. The second-order valence-corrected chi connectivity index (χ2v) is 9.83. The van der Waals surface area contributed by atoms with Crippen molar-refractivity contribution in [3.63, 3.8) is 0 Å². The molecular weight excluding hydrogens is 358 g/mol. The molecule has 162 valence electrons. The first-order valence-electron chi connectivity index (χ1n) is 9.72. The number of likely N-dealkylation sites (N-methyl/N-ethyl adjacent to an activating group) is 1. The number of carbonyl (C=O) groups is 3. The molecule has 7 nitrogen and oxygen atoms in total. The summed E-state index contributed by atoms with van der Waals surface area (Å²) in [5, 5.41) is 17.9. The van der Waals surface area contributed by atoms with Gasteiger partial charge in [-0.2, -0.15) is 0 Å². The van der Waals surface area contributed by atoms with Gasteiger partial charge in [0.2, 0.25) is 11.8 Å². The topological polar surface area (TPSA) is 108 Å². The zero-order chi connectivity index (χ0) is 22.4. The summed E-state index contributed by atoms with van der Waals surface area (Å²) in [5.74, 6) is -1.61. The molecule has 3 atom stereocenters. The van der Waals surface area contributed by atoms with Crippen molar-refractivity contribution < 1.29 is 19.5 Å². The van der Waals surface area contributed by atoms with Gasteiger partial charge in [0, 0.05) is 5.57 Å². The molecule has 0 saturated carbocycles. The number of carbonyl (C=O) groups excluding carboxylic acids is 2. The Hall–Kier alpha value is -1.89. The molecule has 0 heterocycles. The Balaban J connectivity index is 5.62. The van der Waals surface area contributed by atoms with E-state index in [9.17, 15) is 14.4 Å². The maximum absolute atomic E-state index is 13.0. The molecule has 0 fully saturated rings. The first-order valence-corrected chi connectivity index (χ1v) is 9.72. The lowest BCUT2D eigenvalue weighted by atomic mass is 9.83. The molecule has 0 aliphatic carbocycles. The summed E-state index contributed by atoms with van der Waals surface area (Å²) in [4.78, 5) is 37.0. The van der Waals surface area contributed by atoms with Crippen LogP contribution in [0.1, 0.15) is 62.3 Å². The van der Waals surface area contributed by atoms with Crippen molar-refractivity contribution in [2.75, 3.05) is 7.05 Å². The van der Waals surface area contributed by atoms with E-state index >= 15 is 0 Å². The summed E-state index contributed by atoms with van der Waals surface area (Å²) in [6.45, 7) is 16.8. The molecule has 0 aromatic rings. The maximum Gasteiger partial charge on any atom is 0.331 e. The minimum absolute atomic E-state index is 0.00537. The molecule has 0 saturated heterocycles. The third kappa shape index (κ3) is 8.00. The molecule has 0 spiro atoms. The van der Waals surface area contributed by atoms with E-state index in [0.29, 0.717) is 0 Å².